The van der Waals surface area contributed by atoms with Gasteiger partial charge >= 0.3 is 6.03 Å². The second kappa shape index (κ2) is 7.82. The second-order valence-corrected chi connectivity index (χ2v) is 6.82. The summed E-state index contributed by atoms with van der Waals surface area (Å²) in [6.45, 7) is 2.04. The smallest absolute Gasteiger partial charge is 0.328 e. The third-order valence-electron chi connectivity index (χ3n) is 4.84. The van der Waals surface area contributed by atoms with Crippen molar-refractivity contribution in [3.8, 4) is 0 Å². The monoisotopic (exact) mass is 406 g/mol. The lowest BCUT2D eigenvalue weighted by Gasteiger charge is -2.07. The number of para-hydroxylation sites is 1. The first-order valence-electron chi connectivity index (χ1n) is 9.44. The lowest BCUT2D eigenvalue weighted by molar-refractivity contribution is -0.122. The molecule has 7 nitrogen and oxygen atoms in total. The fourth-order valence-electron chi connectivity index (χ4n) is 3.42. The Bertz CT molecular complexity index is 1180. The van der Waals surface area contributed by atoms with Crippen LogP contribution in [0.2, 0.25) is 0 Å². The lowest BCUT2D eigenvalue weighted by Crippen LogP contribution is -2.30. The van der Waals surface area contributed by atoms with Gasteiger partial charge in [-0.05, 0) is 43.3 Å². The molecule has 1 aliphatic rings. The number of nitrogens with zero attached hydrogens (tertiary/aromatic N) is 2. The van der Waals surface area contributed by atoms with Crippen molar-refractivity contribution in [2.75, 3.05) is 11.9 Å². The molecule has 1 saturated heterocycles. The minimum Gasteiger partial charge on any atom is -0.337 e. The van der Waals surface area contributed by atoms with Gasteiger partial charge in [0.05, 0.1) is 0 Å². The quantitative estimate of drug-likeness (QED) is 0.504. The number of carbonyl (C=O) groups excluding carboxylic acids is 3. The van der Waals surface area contributed by atoms with Crippen molar-refractivity contribution in [1.82, 2.24) is 14.8 Å². The van der Waals surface area contributed by atoms with Gasteiger partial charge in [-0.25, -0.2) is 9.18 Å². The summed E-state index contributed by atoms with van der Waals surface area (Å²) in [5, 5.41) is 6.16. The number of urea groups is 1. The molecule has 2 N–H and O–H groups in total. The predicted molar refractivity (Wildman–Crippen MR) is 111 cm³/mol. The summed E-state index contributed by atoms with van der Waals surface area (Å²) in [7, 11) is 0. The first-order valence-corrected chi connectivity index (χ1v) is 9.44. The standard InChI is InChI=1S/C22H19FN4O3/c1-2-27-21(29)18(25-22(27)30)11-14-12-26(19-6-4-3-5-17(14)19)13-20(28)24-16-9-7-15(23)8-10-16/h3-12H,2,13H2,1H3,(H,24,28)(H,25,30)/b18-11+. The van der Waals surface area contributed by atoms with Crippen molar-refractivity contribution in [3.63, 3.8) is 0 Å². The summed E-state index contributed by atoms with van der Waals surface area (Å²) in [6, 6.07) is 12.6. The molecular weight excluding hydrogens is 387 g/mol. The van der Waals surface area contributed by atoms with Crippen molar-refractivity contribution in [1.29, 1.82) is 0 Å². The van der Waals surface area contributed by atoms with Gasteiger partial charge < -0.3 is 15.2 Å². The maximum atomic E-state index is 13.0. The van der Waals surface area contributed by atoms with E-state index in [1.807, 2.05) is 24.3 Å². The van der Waals surface area contributed by atoms with E-state index in [0.717, 1.165) is 15.8 Å². The number of anilines is 1. The molecule has 0 bridgehead atoms. The normalized spacial score (nSPS) is 15.1. The molecule has 8 heteroatoms. The zero-order valence-corrected chi connectivity index (χ0v) is 16.2. The molecule has 4 rings (SSSR count). The molecular formula is C22H19FN4O3. The molecule has 2 heterocycles. The summed E-state index contributed by atoms with van der Waals surface area (Å²) in [6.07, 6.45) is 3.38. The molecule has 1 fully saturated rings. The number of halogens is 1. The summed E-state index contributed by atoms with van der Waals surface area (Å²) in [5.74, 6) is -1.03. The van der Waals surface area contributed by atoms with Crippen LogP contribution in [-0.4, -0.2) is 33.9 Å². The van der Waals surface area contributed by atoms with Crippen LogP contribution in [0.5, 0.6) is 0 Å². The SMILES string of the molecule is CCN1C(=O)N/C(=C/c2cn(CC(=O)Nc3ccc(F)cc3)c3ccccc23)C1=O. The van der Waals surface area contributed by atoms with Crippen molar-refractivity contribution < 1.29 is 18.8 Å². The highest BCUT2D eigenvalue weighted by Crippen LogP contribution is 2.25. The van der Waals surface area contributed by atoms with Gasteiger partial charge in [-0.3, -0.25) is 14.5 Å². The first-order chi connectivity index (χ1) is 14.5. The Hall–Kier alpha value is -3.94. The molecule has 2 aromatic carbocycles. The average molecular weight is 406 g/mol. The third-order valence-corrected chi connectivity index (χ3v) is 4.84. The van der Waals surface area contributed by atoms with Gasteiger partial charge in [0.2, 0.25) is 5.91 Å². The number of rotatable bonds is 5. The van der Waals surface area contributed by atoms with Crippen molar-refractivity contribution in [2.45, 2.75) is 13.5 Å². The van der Waals surface area contributed by atoms with Crippen LogP contribution in [0.4, 0.5) is 14.9 Å². The van der Waals surface area contributed by atoms with Crippen LogP contribution >= 0.6 is 0 Å². The van der Waals surface area contributed by atoms with E-state index in [9.17, 15) is 18.8 Å². The Morgan fingerprint density at radius 2 is 1.87 bits per heavy atom. The highest BCUT2D eigenvalue weighted by Gasteiger charge is 2.32. The summed E-state index contributed by atoms with van der Waals surface area (Å²) in [4.78, 5) is 37.9. The van der Waals surface area contributed by atoms with E-state index in [2.05, 4.69) is 10.6 Å². The number of likely N-dealkylation sites (N-methyl/N-ethyl adjacent to an activating group) is 1. The van der Waals surface area contributed by atoms with E-state index in [4.69, 9.17) is 0 Å². The van der Waals surface area contributed by atoms with E-state index in [1.165, 1.54) is 24.3 Å². The van der Waals surface area contributed by atoms with E-state index in [0.29, 0.717) is 11.3 Å². The van der Waals surface area contributed by atoms with Crippen LogP contribution in [0.15, 0.2) is 60.4 Å². The summed E-state index contributed by atoms with van der Waals surface area (Å²) < 4.78 is 14.8. The number of carbonyl (C=O) groups is 3. The van der Waals surface area contributed by atoms with E-state index in [-0.39, 0.29) is 36.4 Å². The van der Waals surface area contributed by atoms with E-state index in [1.54, 1.807) is 23.8 Å². The molecule has 3 aromatic rings. The van der Waals surface area contributed by atoms with Gasteiger partial charge in [0, 0.05) is 34.9 Å². The Kier molecular flexibility index (Phi) is 5.05. The van der Waals surface area contributed by atoms with Crippen LogP contribution in [0.1, 0.15) is 12.5 Å². The Morgan fingerprint density at radius 1 is 1.13 bits per heavy atom. The molecule has 4 amide bonds. The van der Waals surface area contributed by atoms with Gasteiger partial charge in [0.1, 0.15) is 18.1 Å². The van der Waals surface area contributed by atoms with Crippen LogP contribution < -0.4 is 10.6 Å². The maximum absolute atomic E-state index is 13.0. The molecule has 0 unspecified atom stereocenters. The van der Waals surface area contributed by atoms with Crippen molar-refractivity contribution >= 4 is 40.5 Å². The Morgan fingerprint density at radius 3 is 2.57 bits per heavy atom. The molecule has 30 heavy (non-hydrogen) atoms. The number of hydrogen-bond donors (Lipinski definition) is 2. The molecule has 1 aliphatic heterocycles. The van der Waals surface area contributed by atoms with Gasteiger partial charge in [0.15, 0.2) is 0 Å². The van der Waals surface area contributed by atoms with Crippen LogP contribution in [-0.2, 0) is 16.1 Å². The number of benzene rings is 2. The summed E-state index contributed by atoms with van der Waals surface area (Å²) in [5.41, 5.74) is 2.21. The Balaban J connectivity index is 1.62. The largest absolute Gasteiger partial charge is 0.337 e. The van der Waals surface area contributed by atoms with Gasteiger partial charge in [-0.15, -0.1) is 0 Å². The van der Waals surface area contributed by atoms with Crippen LogP contribution in [0, 0.1) is 5.82 Å². The van der Waals surface area contributed by atoms with Gasteiger partial charge in [-0.2, -0.15) is 0 Å². The average Bonchev–Trinajstić information content (AvgIpc) is 3.20. The molecule has 0 saturated carbocycles. The topological polar surface area (TPSA) is 83.4 Å². The number of imide groups is 1. The van der Waals surface area contributed by atoms with Gasteiger partial charge in [-0.1, -0.05) is 18.2 Å². The molecule has 0 radical (unpaired) electrons. The number of aromatic nitrogens is 1. The Labute approximate surface area is 171 Å². The molecule has 152 valence electrons. The molecule has 0 aliphatic carbocycles. The minimum absolute atomic E-state index is 0.0302. The van der Waals surface area contributed by atoms with E-state index < -0.39 is 6.03 Å². The predicted octanol–water partition coefficient (Wildman–Crippen LogP) is 3.33. The molecule has 0 atom stereocenters. The van der Waals surface area contributed by atoms with E-state index >= 15 is 0 Å². The van der Waals surface area contributed by atoms with Crippen molar-refractivity contribution in [2.24, 2.45) is 0 Å². The fourth-order valence-corrected chi connectivity index (χ4v) is 3.42. The highest BCUT2D eigenvalue weighted by molar-refractivity contribution is 6.14. The van der Waals surface area contributed by atoms with Crippen LogP contribution in [0.3, 0.4) is 0 Å². The zero-order valence-electron chi connectivity index (χ0n) is 16.2. The number of hydrogen-bond acceptors (Lipinski definition) is 3. The lowest BCUT2D eigenvalue weighted by atomic mass is 10.1. The van der Waals surface area contributed by atoms with Crippen LogP contribution in [0.25, 0.3) is 17.0 Å². The highest BCUT2D eigenvalue weighted by atomic mass is 19.1. The summed E-state index contributed by atoms with van der Waals surface area (Å²) >= 11 is 0. The number of fused-ring (bicyclic) bond motifs is 1. The first kappa shape index (κ1) is 19.4. The van der Waals surface area contributed by atoms with Crippen molar-refractivity contribution in [3.05, 3.63) is 71.8 Å². The number of amides is 4. The second-order valence-electron chi connectivity index (χ2n) is 6.82. The molecule has 1 aromatic heterocycles. The number of nitrogens with one attached hydrogen (secondary N) is 2. The minimum atomic E-state index is -0.448. The maximum Gasteiger partial charge on any atom is 0.328 e. The third kappa shape index (κ3) is 3.67. The van der Waals surface area contributed by atoms with Gasteiger partial charge in [0.25, 0.3) is 5.91 Å². The molecule has 0 spiro atoms. The zero-order chi connectivity index (χ0) is 21.3. The fraction of sp³-hybridized carbons (Fsp3) is 0.136.